The molecule has 0 aromatic carbocycles. The molecule has 0 saturated carbocycles. The molecule has 0 N–H and O–H groups in total. The fourth-order valence-electron chi connectivity index (χ4n) is 2.87. The van der Waals surface area contributed by atoms with Crippen molar-refractivity contribution in [2.24, 2.45) is 0 Å². The van der Waals surface area contributed by atoms with Crippen LogP contribution in [0, 0.1) is 6.92 Å². The average Bonchev–Trinajstić information content (AvgIpc) is 2.96. The highest BCUT2D eigenvalue weighted by molar-refractivity contribution is 9.10. The van der Waals surface area contributed by atoms with Gasteiger partial charge in [-0.1, -0.05) is 6.58 Å². The van der Waals surface area contributed by atoms with E-state index in [9.17, 15) is 4.79 Å². The van der Waals surface area contributed by atoms with E-state index in [0.717, 1.165) is 45.7 Å². The molecule has 5 nitrogen and oxygen atoms in total. The van der Waals surface area contributed by atoms with Crippen LogP contribution in [0.3, 0.4) is 0 Å². The summed E-state index contributed by atoms with van der Waals surface area (Å²) in [7, 11) is 0. The first-order valence-corrected chi connectivity index (χ1v) is 8.98. The second-order valence-corrected chi connectivity index (χ2v) is 7.29. The fraction of sp³-hybridized carbons (Fsp3) is 0.375. The second kappa shape index (κ2) is 6.88. The molecule has 2 aromatic heterocycles. The van der Waals surface area contributed by atoms with Crippen molar-refractivity contribution in [3.63, 3.8) is 0 Å². The van der Waals surface area contributed by atoms with E-state index >= 15 is 0 Å². The number of amides is 1. The highest BCUT2D eigenvalue weighted by atomic mass is 79.9. The van der Waals surface area contributed by atoms with E-state index in [1.54, 1.807) is 6.20 Å². The number of carbonyl (C=O) groups excluding carboxylic acids is 1. The molecule has 120 valence electrons. The number of fused-ring (bicyclic) bond motifs is 1. The van der Waals surface area contributed by atoms with Crippen LogP contribution in [-0.4, -0.2) is 31.2 Å². The number of rotatable bonds is 4. The van der Waals surface area contributed by atoms with Crippen LogP contribution in [0.4, 0.5) is 0 Å². The van der Waals surface area contributed by atoms with Crippen LogP contribution in [0.25, 0.3) is 0 Å². The molecule has 1 aliphatic carbocycles. The van der Waals surface area contributed by atoms with Crippen LogP contribution >= 0.6 is 27.5 Å². The summed E-state index contributed by atoms with van der Waals surface area (Å²) in [5.74, 6) is 0.751. The predicted molar refractivity (Wildman–Crippen MR) is 93.1 cm³/mol. The molecule has 1 aliphatic rings. The summed E-state index contributed by atoms with van der Waals surface area (Å²) in [6.45, 7) is 6.09. The molecule has 1 unspecified atom stereocenters. The smallest absolute Gasteiger partial charge is 0.246 e. The van der Waals surface area contributed by atoms with Crippen molar-refractivity contribution in [1.29, 1.82) is 0 Å². The summed E-state index contributed by atoms with van der Waals surface area (Å²) >= 11 is 4.90. The lowest BCUT2D eigenvalue weighted by molar-refractivity contribution is -0.129. The van der Waals surface area contributed by atoms with E-state index in [4.69, 9.17) is 0 Å². The van der Waals surface area contributed by atoms with Gasteiger partial charge in [-0.25, -0.2) is 9.97 Å². The molecular weight excluding hydrogens is 376 g/mol. The molecule has 2 aromatic rings. The lowest BCUT2D eigenvalue weighted by Gasteiger charge is -2.34. The van der Waals surface area contributed by atoms with Crippen molar-refractivity contribution >= 4 is 33.4 Å². The third kappa shape index (κ3) is 3.50. The maximum absolute atomic E-state index is 12.4. The molecule has 3 rings (SSSR count). The molecule has 0 saturated heterocycles. The monoisotopic (exact) mass is 392 g/mol. The quantitative estimate of drug-likeness (QED) is 0.750. The van der Waals surface area contributed by atoms with Gasteiger partial charge in [0.25, 0.3) is 0 Å². The summed E-state index contributed by atoms with van der Waals surface area (Å²) in [4.78, 5) is 24.1. The van der Waals surface area contributed by atoms with Crippen LogP contribution in [0.5, 0.6) is 0 Å². The summed E-state index contributed by atoms with van der Waals surface area (Å²) in [6, 6.07) is 0.133. The molecule has 0 fully saturated rings. The minimum absolute atomic E-state index is 0.0493. The van der Waals surface area contributed by atoms with Crippen molar-refractivity contribution in [2.45, 2.75) is 38.8 Å². The predicted octanol–water partition coefficient (Wildman–Crippen LogP) is 3.08. The molecular formula is C16H17BrN4OS. The Kier molecular flexibility index (Phi) is 4.87. The van der Waals surface area contributed by atoms with Gasteiger partial charge in [-0.2, -0.15) is 4.37 Å². The van der Waals surface area contributed by atoms with Gasteiger partial charge in [0.2, 0.25) is 5.91 Å². The van der Waals surface area contributed by atoms with E-state index in [1.807, 2.05) is 18.0 Å². The van der Waals surface area contributed by atoms with Gasteiger partial charge in [0.1, 0.15) is 5.82 Å². The molecule has 23 heavy (non-hydrogen) atoms. The van der Waals surface area contributed by atoms with Crippen LogP contribution in [-0.2, 0) is 24.2 Å². The lowest BCUT2D eigenvalue weighted by atomic mass is 9.91. The highest BCUT2D eigenvalue weighted by Crippen LogP contribution is 2.27. The SMILES string of the molecule is C=CC(=O)N(Cc1sncc1Br)C1CCc2nc(C)ncc2C1. The maximum Gasteiger partial charge on any atom is 0.246 e. The molecule has 0 radical (unpaired) electrons. The minimum Gasteiger partial charge on any atom is -0.331 e. The van der Waals surface area contributed by atoms with Gasteiger partial charge in [-0.3, -0.25) is 4.79 Å². The maximum atomic E-state index is 12.4. The molecule has 7 heteroatoms. The normalized spacial score (nSPS) is 16.7. The van der Waals surface area contributed by atoms with Gasteiger partial charge in [0.15, 0.2) is 0 Å². The van der Waals surface area contributed by atoms with E-state index in [-0.39, 0.29) is 11.9 Å². The van der Waals surface area contributed by atoms with Crippen molar-refractivity contribution in [2.75, 3.05) is 0 Å². The van der Waals surface area contributed by atoms with Crippen molar-refractivity contribution in [3.8, 4) is 0 Å². The van der Waals surface area contributed by atoms with Gasteiger partial charge >= 0.3 is 0 Å². The molecule has 2 heterocycles. The summed E-state index contributed by atoms with van der Waals surface area (Å²) in [5, 5.41) is 0. The molecule has 1 atom stereocenters. The number of aryl methyl sites for hydroxylation is 2. The van der Waals surface area contributed by atoms with E-state index in [1.165, 1.54) is 17.6 Å². The Morgan fingerprint density at radius 3 is 3.09 bits per heavy atom. The Morgan fingerprint density at radius 1 is 1.57 bits per heavy atom. The van der Waals surface area contributed by atoms with Gasteiger partial charge < -0.3 is 4.90 Å². The van der Waals surface area contributed by atoms with Gasteiger partial charge in [0.05, 0.1) is 22.1 Å². The van der Waals surface area contributed by atoms with Crippen LogP contribution in [0.15, 0.2) is 29.5 Å². The zero-order valence-corrected chi connectivity index (χ0v) is 15.2. The molecule has 0 aliphatic heterocycles. The lowest BCUT2D eigenvalue weighted by Crippen LogP contribution is -2.42. The van der Waals surface area contributed by atoms with Crippen LogP contribution in [0.1, 0.15) is 28.4 Å². The number of aromatic nitrogens is 3. The average molecular weight is 393 g/mol. The number of hydrogen-bond acceptors (Lipinski definition) is 5. The first kappa shape index (κ1) is 16.3. The van der Waals surface area contributed by atoms with Crippen molar-refractivity contribution in [3.05, 3.63) is 51.5 Å². The van der Waals surface area contributed by atoms with Gasteiger partial charge in [-0.15, -0.1) is 0 Å². The topological polar surface area (TPSA) is 59.0 Å². The summed E-state index contributed by atoms with van der Waals surface area (Å²) in [5.41, 5.74) is 2.25. The van der Waals surface area contributed by atoms with Crippen LogP contribution in [0.2, 0.25) is 0 Å². The standard InChI is InChI=1S/C16H17BrN4OS/c1-3-16(22)21(9-15-13(17)8-19-23-15)12-4-5-14-11(6-12)7-18-10(2)20-14/h3,7-8,12H,1,4-6,9H2,2H3. The van der Waals surface area contributed by atoms with Crippen molar-refractivity contribution in [1.82, 2.24) is 19.2 Å². The largest absolute Gasteiger partial charge is 0.331 e. The van der Waals surface area contributed by atoms with E-state index in [2.05, 4.69) is 36.9 Å². The minimum atomic E-state index is -0.0493. The Morgan fingerprint density at radius 2 is 2.39 bits per heavy atom. The molecule has 0 spiro atoms. The highest BCUT2D eigenvalue weighted by Gasteiger charge is 2.28. The van der Waals surface area contributed by atoms with E-state index < -0.39 is 0 Å². The van der Waals surface area contributed by atoms with Crippen LogP contribution < -0.4 is 0 Å². The first-order valence-electron chi connectivity index (χ1n) is 7.42. The molecule has 1 amide bonds. The number of carbonyl (C=O) groups is 1. The number of hydrogen-bond donors (Lipinski definition) is 0. The second-order valence-electron chi connectivity index (χ2n) is 5.55. The fourth-order valence-corrected chi connectivity index (χ4v) is 4.07. The third-order valence-electron chi connectivity index (χ3n) is 4.05. The number of nitrogens with zero attached hydrogens (tertiary/aromatic N) is 4. The number of halogens is 1. The molecule has 0 bridgehead atoms. The van der Waals surface area contributed by atoms with Gasteiger partial charge in [0, 0.05) is 17.9 Å². The van der Waals surface area contributed by atoms with Gasteiger partial charge in [-0.05, 0) is 65.3 Å². The third-order valence-corrected chi connectivity index (χ3v) is 5.78. The Balaban J connectivity index is 1.83. The Bertz CT molecular complexity index is 745. The first-order chi connectivity index (χ1) is 11.1. The Labute approximate surface area is 147 Å². The Hall–Kier alpha value is -1.60. The zero-order chi connectivity index (χ0) is 16.4. The summed E-state index contributed by atoms with van der Waals surface area (Å²) in [6.07, 6.45) is 7.60. The zero-order valence-electron chi connectivity index (χ0n) is 12.8. The summed E-state index contributed by atoms with van der Waals surface area (Å²) < 4.78 is 5.11. The van der Waals surface area contributed by atoms with Crippen molar-refractivity contribution < 1.29 is 4.79 Å². The van der Waals surface area contributed by atoms with E-state index in [0.29, 0.717) is 6.54 Å².